The molecule has 3 aromatic rings. The molecule has 184 valence electrons. The molecule has 3 aromatic carbocycles. The first kappa shape index (κ1) is 25.3. The molecular weight excluding hydrogens is 441 g/mol. The summed E-state index contributed by atoms with van der Waals surface area (Å²) in [6.07, 6.45) is 10.0. The second-order valence-electron chi connectivity index (χ2n) is 9.78. The fraction of sp³-hybridized carbons (Fsp3) is 0.375. The summed E-state index contributed by atoms with van der Waals surface area (Å²) in [7, 11) is 0. The number of benzene rings is 3. The lowest BCUT2D eigenvalue weighted by molar-refractivity contribution is 0.439. The average molecular weight is 477 g/mol. The predicted molar refractivity (Wildman–Crippen MR) is 140 cm³/mol. The van der Waals surface area contributed by atoms with Crippen LogP contribution in [-0.2, 0) is 19.3 Å². The minimum atomic E-state index is -0.768. The highest BCUT2D eigenvalue weighted by Crippen LogP contribution is 2.35. The van der Waals surface area contributed by atoms with Gasteiger partial charge in [0.25, 0.3) is 0 Å². The zero-order chi connectivity index (χ0) is 24.8. The summed E-state index contributed by atoms with van der Waals surface area (Å²) >= 11 is 0. The van der Waals surface area contributed by atoms with Gasteiger partial charge in [-0.1, -0.05) is 74.9 Å². The monoisotopic (exact) mass is 476 g/mol. The van der Waals surface area contributed by atoms with Gasteiger partial charge in [-0.25, -0.2) is 13.2 Å². The first-order valence-electron chi connectivity index (χ1n) is 13.0. The maximum absolute atomic E-state index is 14.9. The third-order valence-electron chi connectivity index (χ3n) is 7.38. The number of unbranched alkanes of at least 4 members (excludes halogenated alkanes) is 1. The van der Waals surface area contributed by atoms with Gasteiger partial charge in [0.05, 0.1) is 0 Å². The maximum atomic E-state index is 14.9. The van der Waals surface area contributed by atoms with E-state index >= 15 is 0 Å². The Bertz CT molecular complexity index is 1170. The predicted octanol–water partition coefficient (Wildman–Crippen LogP) is 9.49. The lowest BCUT2D eigenvalue weighted by Gasteiger charge is -2.23. The lowest BCUT2D eigenvalue weighted by atomic mass is 9.83. The van der Waals surface area contributed by atoms with E-state index < -0.39 is 11.6 Å². The summed E-state index contributed by atoms with van der Waals surface area (Å²) in [6, 6.07) is 16.7. The van der Waals surface area contributed by atoms with Crippen molar-refractivity contribution in [3.05, 3.63) is 100 Å². The largest absolute Gasteiger partial charge is 0.206 e. The van der Waals surface area contributed by atoms with E-state index in [-0.39, 0.29) is 5.82 Å². The van der Waals surface area contributed by atoms with E-state index in [1.54, 1.807) is 18.2 Å². The maximum Gasteiger partial charge on any atom is 0.166 e. The number of hydrogen-bond donors (Lipinski definition) is 0. The molecule has 0 aromatic heterocycles. The SMILES string of the molecule is CCCCc1ccc(C2=CCC(CCc3ccc(-c4ccc(CC)cc4)c(F)c3F)CC2)c(F)c1. The summed E-state index contributed by atoms with van der Waals surface area (Å²) in [5.41, 5.74) is 5.43. The van der Waals surface area contributed by atoms with Gasteiger partial charge < -0.3 is 0 Å². The average Bonchev–Trinajstić information content (AvgIpc) is 2.89. The second kappa shape index (κ2) is 11.7. The summed E-state index contributed by atoms with van der Waals surface area (Å²) in [5, 5.41) is 0. The van der Waals surface area contributed by atoms with Crippen LogP contribution in [0.1, 0.15) is 74.6 Å². The Labute approximate surface area is 207 Å². The molecule has 0 spiro atoms. The summed E-state index contributed by atoms with van der Waals surface area (Å²) < 4.78 is 44.4. The molecule has 4 rings (SSSR count). The molecule has 0 nitrogen and oxygen atoms in total. The van der Waals surface area contributed by atoms with Gasteiger partial charge in [0.2, 0.25) is 0 Å². The molecule has 0 amide bonds. The van der Waals surface area contributed by atoms with Gasteiger partial charge in [0.1, 0.15) is 5.82 Å². The Morgan fingerprint density at radius 3 is 2.20 bits per heavy atom. The Kier molecular flexibility index (Phi) is 8.49. The highest BCUT2D eigenvalue weighted by molar-refractivity contribution is 5.67. The van der Waals surface area contributed by atoms with Gasteiger partial charge in [0, 0.05) is 11.1 Å². The van der Waals surface area contributed by atoms with Crippen molar-refractivity contribution in [1.82, 2.24) is 0 Å². The van der Waals surface area contributed by atoms with E-state index in [1.165, 1.54) is 5.56 Å². The molecule has 0 saturated carbocycles. The number of halogens is 3. The zero-order valence-electron chi connectivity index (χ0n) is 20.8. The minimum Gasteiger partial charge on any atom is -0.206 e. The van der Waals surface area contributed by atoms with Crippen molar-refractivity contribution in [2.24, 2.45) is 5.92 Å². The normalized spacial score (nSPS) is 15.8. The van der Waals surface area contributed by atoms with Crippen LogP contribution < -0.4 is 0 Å². The third-order valence-corrected chi connectivity index (χ3v) is 7.38. The molecule has 0 heterocycles. The zero-order valence-corrected chi connectivity index (χ0v) is 20.8. The van der Waals surface area contributed by atoms with Crippen molar-refractivity contribution in [3.63, 3.8) is 0 Å². The molecule has 1 atom stereocenters. The first-order valence-corrected chi connectivity index (χ1v) is 13.0. The number of rotatable bonds is 9. The molecular formula is C32H35F3. The molecule has 0 aliphatic heterocycles. The van der Waals surface area contributed by atoms with Crippen molar-refractivity contribution in [2.45, 2.75) is 71.6 Å². The Balaban J connectivity index is 1.37. The minimum absolute atomic E-state index is 0.134. The molecule has 3 heteroatoms. The molecule has 1 unspecified atom stereocenters. The van der Waals surface area contributed by atoms with E-state index in [0.717, 1.165) is 62.5 Å². The summed E-state index contributed by atoms with van der Waals surface area (Å²) in [4.78, 5) is 0. The Hall–Kier alpha value is -2.81. The first-order chi connectivity index (χ1) is 17.0. The number of hydrogen-bond acceptors (Lipinski definition) is 0. The number of allylic oxidation sites excluding steroid dienone is 2. The van der Waals surface area contributed by atoms with Crippen molar-refractivity contribution in [2.75, 3.05) is 0 Å². The molecule has 35 heavy (non-hydrogen) atoms. The highest BCUT2D eigenvalue weighted by atomic mass is 19.2. The topological polar surface area (TPSA) is 0 Å². The van der Waals surface area contributed by atoms with Crippen molar-refractivity contribution in [1.29, 1.82) is 0 Å². The van der Waals surface area contributed by atoms with Crippen LogP contribution in [0.3, 0.4) is 0 Å². The van der Waals surface area contributed by atoms with Crippen LogP contribution >= 0.6 is 0 Å². The van der Waals surface area contributed by atoms with Crippen LogP contribution in [0.4, 0.5) is 13.2 Å². The van der Waals surface area contributed by atoms with Gasteiger partial charge >= 0.3 is 0 Å². The van der Waals surface area contributed by atoms with Gasteiger partial charge in [-0.05, 0) is 91.2 Å². The molecule has 0 saturated heterocycles. The Morgan fingerprint density at radius 2 is 1.54 bits per heavy atom. The van der Waals surface area contributed by atoms with Crippen LogP contribution in [-0.4, -0.2) is 0 Å². The van der Waals surface area contributed by atoms with E-state index in [2.05, 4.69) is 19.9 Å². The van der Waals surface area contributed by atoms with E-state index in [4.69, 9.17) is 0 Å². The van der Waals surface area contributed by atoms with Crippen LogP contribution in [0.25, 0.3) is 16.7 Å². The fourth-order valence-electron chi connectivity index (χ4n) is 5.04. The van der Waals surface area contributed by atoms with Crippen molar-refractivity contribution < 1.29 is 13.2 Å². The Morgan fingerprint density at radius 1 is 0.800 bits per heavy atom. The smallest absolute Gasteiger partial charge is 0.166 e. The molecule has 0 N–H and O–H groups in total. The van der Waals surface area contributed by atoms with E-state index in [1.807, 2.05) is 36.4 Å². The van der Waals surface area contributed by atoms with Gasteiger partial charge in [-0.15, -0.1) is 0 Å². The second-order valence-corrected chi connectivity index (χ2v) is 9.78. The molecule has 0 bridgehead atoms. The third kappa shape index (κ3) is 6.07. The fourth-order valence-corrected chi connectivity index (χ4v) is 5.04. The van der Waals surface area contributed by atoms with E-state index in [9.17, 15) is 13.2 Å². The van der Waals surface area contributed by atoms with Crippen LogP contribution in [0.5, 0.6) is 0 Å². The quantitative estimate of drug-likeness (QED) is 0.288. The van der Waals surface area contributed by atoms with Crippen LogP contribution in [0.2, 0.25) is 0 Å². The summed E-state index contributed by atoms with van der Waals surface area (Å²) in [6.45, 7) is 4.21. The highest BCUT2D eigenvalue weighted by Gasteiger charge is 2.20. The van der Waals surface area contributed by atoms with Gasteiger partial charge in [-0.3, -0.25) is 0 Å². The molecule has 1 aliphatic rings. The molecule has 0 fully saturated rings. The summed E-state index contributed by atoms with van der Waals surface area (Å²) in [5.74, 6) is -1.24. The molecule has 0 radical (unpaired) electrons. The van der Waals surface area contributed by atoms with Crippen LogP contribution in [0, 0.1) is 23.4 Å². The standard InChI is InChI=1S/C32H35F3/c1-3-5-6-24-12-19-28(30(33)21-24)25-15-9-23(10-16-25)11-17-27-18-20-29(32(35)31(27)34)26-13-7-22(4-2)8-14-26/h7-8,12-15,18-21,23H,3-6,9-11,16-17H2,1-2H3. The van der Waals surface area contributed by atoms with Gasteiger partial charge in [-0.2, -0.15) is 0 Å². The van der Waals surface area contributed by atoms with Crippen LogP contribution in [0.15, 0.2) is 60.7 Å². The van der Waals surface area contributed by atoms with Crippen molar-refractivity contribution in [3.8, 4) is 11.1 Å². The van der Waals surface area contributed by atoms with Crippen molar-refractivity contribution >= 4 is 5.57 Å². The number of aryl methyl sites for hydroxylation is 3. The lowest BCUT2D eigenvalue weighted by Crippen LogP contribution is -2.08. The van der Waals surface area contributed by atoms with E-state index in [0.29, 0.717) is 34.6 Å². The van der Waals surface area contributed by atoms with Gasteiger partial charge in [0.15, 0.2) is 11.6 Å². The molecule has 1 aliphatic carbocycles.